The van der Waals surface area contributed by atoms with Crippen LogP contribution in [0, 0.1) is 0 Å². The van der Waals surface area contributed by atoms with E-state index in [0.29, 0.717) is 6.54 Å². The molecule has 4 heteroatoms. The second-order valence-corrected chi connectivity index (χ2v) is 9.16. The van der Waals surface area contributed by atoms with E-state index in [0.717, 1.165) is 23.5 Å². The Labute approximate surface area is 98.7 Å². The molecule has 0 saturated carbocycles. The van der Waals surface area contributed by atoms with Crippen molar-refractivity contribution in [2.75, 3.05) is 13.7 Å². The van der Waals surface area contributed by atoms with Crippen LogP contribution in [0.1, 0.15) is 5.56 Å². The number of hydrogen-bond donors (Lipinski definition) is 1. The van der Waals surface area contributed by atoms with E-state index in [4.69, 9.17) is 14.9 Å². The first-order valence-corrected chi connectivity index (χ1v) is 8.93. The Morgan fingerprint density at radius 3 is 2.44 bits per heavy atom. The molecule has 0 aromatic heterocycles. The molecule has 0 aliphatic rings. The molecule has 1 aromatic carbocycles. The molecule has 0 saturated heterocycles. The summed E-state index contributed by atoms with van der Waals surface area (Å²) in [6.07, 6.45) is 0.830. The van der Waals surface area contributed by atoms with Gasteiger partial charge in [-0.1, -0.05) is 6.07 Å². The van der Waals surface area contributed by atoms with Gasteiger partial charge in [-0.2, -0.15) is 0 Å². The van der Waals surface area contributed by atoms with Crippen LogP contribution in [0.2, 0.25) is 19.6 Å². The van der Waals surface area contributed by atoms with Crippen molar-refractivity contribution in [1.82, 2.24) is 0 Å². The van der Waals surface area contributed by atoms with Gasteiger partial charge in [-0.25, -0.2) is 0 Å². The number of methoxy groups -OCH3 is 1. The molecule has 3 nitrogen and oxygen atoms in total. The topological polar surface area (TPSA) is 44.5 Å². The van der Waals surface area contributed by atoms with E-state index >= 15 is 0 Å². The van der Waals surface area contributed by atoms with Gasteiger partial charge in [0.2, 0.25) is 8.32 Å². The number of rotatable bonds is 5. The normalized spacial score (nSPS) is 11.3. The molecule has 0 fully saturated rings. The minimum Gasteiger partial charge on any atom is -0.544 e. The maximum absolute atomic E-state index is 5.90. The van der Waals surface area contributed by atoms with Crippen LogP contribution in [-0.4, -0.2) is 22.0 Å². The van der Waals surface area contributed by atoms with Gasteiger partial charge in [0, 0.05) is 6.07 Å². The van der Waals surface area contributed by atoms with Crippen LogP contribution in [0.5, 0.6) is 11.5 Å². The van der Waals surface area contributed by atoms with Crippen LogP contribution in [0.4, 0.5) is 0 Å². The van der Waals surface area contributed by atoms with Crippen LogP contribution >= 0.6 is 0 Å². The summed E-state index contributed by atoms with van der Waals surface area (Å²) in [7, 11) is 0.124. The lowest BCUT2D eigenvalue weighted by atomic mass is 10.1. The molecule has 1 aromatic rings. The van der Waals surface area contributed by atoms with Gasteiger partial charge in [0.15, 0.2) is 0 Å². The Bertz CT molecular complexity index is 347. The van der Waals surface area contributed by atoms with Gasteiger partial charge in [0.25, 0.3) is 0 Å². The molecule has 0 unspecified atom stereocenters. The molecule has 1 rings (SSSR count). The Hall–Kier alpha value is -1.00. The quantitative estimate of drug-likeness (QED) is 0.803. The smallest absolute Gasteiger partial charge is 0.242 e. The number of benzene rings is 1. The summed E-state index contributed by atoms with van der Waals surface area (Å²) in [6.45, 7) is 7.11. The third-order valence-corrected chi connectivity index (χ3v) is 2.94. The van der Waals surface area contributed by atoms with Gasteiger partial charge >= 0.3 is 0 Å². The van der Waals surface area contributed by atoms with Crippen molar-refractivity contribution in [3.05, 3.63) is 23.8 Å². The second-order valence-electron chi connectivity index (χ2n) is 4.73. The summed E-state index contributed by atoms with van der Waals surface area (Å²) in [5.74, 6) is 1.75. The van der Waals surface area contributed by atoms with Crippen molar-refractivity contribution < 1.29 is 9.16 Å². The van der Waals surface area contributed by atoms with Gasteiger partial charge < -0.3 is 14.9 Å². The Morgan fingerprint density at radius 1 is 1.25 bits per heavy atom. The van der Waals surface area contributed by atoms with Crippen molar-refractivity contribution in [3.8, 4) is 11.5 Å². The van der Waals surface area contributed by atoms with Crippen LogP contribution in [-0.2, 0) is 6.42 Å². The standard InChI is InChI=1S/C12H21NO2Si/c1-14-12-9-11(15-16(2,3)4)6-5-10(12)7-8-13/h5-6,9H,7-8,13H2,1-4H3. The van der Waals surface area contributed by atoms with E-state index in [9.17, 15) is 0 Å². The Morgan fingerprint density at radius 2 is 1.94 bits per heavy atom. The highest BCUT2D eigenvalue weighted by atomic mass is 28.4. The van der Waals surface area contributed by atoms with Gasteiger partial charge in [-0.15, -0.1) is 0 Å². The van der Waals surface area contributed by atoms with E-state index in [-0.39, 0.29) is 0 Å². The minimum atomic E-state index is -1.55. The summed E-state index contributed by atoms with van der Waals surface area (Å²) >= 11 is 0. The molecule has 0 spiro atoms. The molecule has 0 bridgehead atoms. The summed E-state index contributed by atoms with van der Waals surface area (Å²) in [5.41, 5.74) is 6.68. The molecule has 16 heavy (non-hydrogen) atoms. The molecular formula is C12H21NO2Si. The van der Waals surface area contributed by atoms with Crippen LogP contribution in [0.25, 0.3) is 0 Å². The Kier molecular flexibility index (Phi) is 4.38. The van der Waals surface area contributed by atoms with Crippen LogP contribution < -0.4 is 14.9 Å². The Balaban J connectivity index is 2.90. The summed E-state index contributed by atoms with van der Waals surface area (Å²) in [4.78, 5) is 0. The highest BCUT2D eigenvalue weighted by molar-refractivity contribution is 6.70. The van der Waals surface area contributed by atoms with Gasteiger partial charge in [-0.3, -0.25) is 0 Å². The molecule has 0 atom stereocenters. The predicted molar refractivity (Wildman–Crippen MR) is 69.7 cm³/mol. The molecule has 0 amide bonds. The fourth-order valence-electron chi connectivity index (χ4n) is 1.50. The molecule has 0 radical (unpaired) electrons. The molecule has 90 valence electrons. The molecule has 0 heterocycles. The van der Waals surface area contributed by atoms with E-state index in [1.54, 1.807) is 7.11 Å². The maximum atomic E-state index is 5.90. The fourth-order valence-corrected chi connectivity index (χ4v) is 2.34. The van der Waals surface area contributed by atoms with Crippen molar-refractivity contribution in [2.45, 2.75) is 26.1 Å². The second kappa shape index (κ2) is 5.36. The average Bonchev–Trinajstić information content (AvgIpc) is 2.18. The first-order valence-electron chi connectivity index (χ1n) is 5.52. The molecule has 2 N–H and O–H groups in total. The van der Waals surface area contributed by atoms with Crippen molar-refractivity contribution in [3.63, 3.8) is 0 Å². The van der Waals surface area contributed by atoms with E-state index in [1.165, 1.54) is 0 Å². The summed E-state index contributed by atoms with van der Waals surface area (Å²) in [5, 5.41) is 0. The number of hydrogen-bond acceptors (Lipinski definition) is 3. The van der Waals surface area contributed by atoms with Gasteiger partial charge in [0.05, 0.1) is 7.11 Å². The molecular weight excluding hydrogens is 218 g/mol. The van der Waals surface area contributed by atoms with Gasteiger partial charge in [0.1, 0.15) is 11.5 Å². The van der Waals surface area contributed by atoms with Crippen LogP contribution in [0.15, 0.2) is 18.2 Å². The molecule has 0 aliphatic heterocycles. The van der Waals surface area contributed by atoms with E-state index in [2.05, 4.69) is 19.6 Å². The van der Waals surface area contributed by atoms with Crippen molar-refractivity contribution in [2.24, 2.45) is 5.73 Å². The van der Waals surface area contributed by atoms with E-state index in [1.807, 2.05) is 18.2 Å². The lowest BCUT2D eigenvalue weighted by Crippen LogP contribution is -2.29. The predicted octanol–water partition coefficient (Wildman–Crippen LogP) is 2.41. The fraction of sp³-hybridized carbons (Fsp3) is 0.500. The zero-order valence-electron chi connectivity index (χ0n) is 10.5. The van der Waals surface area contributed by atoms with Crippen molar-refractivity contribution >= 4 is 8.32 Å². The third kappa shape index (κ3) is 3.87. The van der Waals surface area contributed by atoms with Crippen LogP contribution in [0.3, 0.4) is 0 Å². The number of ether oxygens (including phenoxy) is 1. The minimum absolute atomic E-state index is 0.630. The van der Waals surface area contributed by atoms with E-state index < -0.39 is 8.32 Å². The first kappa shape index (κ1) is 13.1. The highest BCUT2D eigenvalue weighted by Gasteiger charge is 2.17. The summed E-state index contributed by atoms with van der Waals surface area (Å²) < 4.78 is 11.2. The zero-order valence-corrected chi connectivity index (χ0v) is 11.5. The number of nitrogens with two attached hydrogens (primary N) is 1. The monoisotopic (exact) mass is 239 g/mol. The molecule has 0 aliphatic carbocycles. The average molecular weight is 239 g/mol. The highest BCUT2D eigenvalue weighted by Crippen LogP contribution is 2.26. The lowest BCUT2D eigenvalue weighted by molar-refractivity contribution is 0.407. The largest absolute Gasteiger partial charge is 0.544 e. The summed E-state index contributed by atoms with van der Waals surface area (Å²) in [6, 6.07) is 5.97. The van der Waals surface area contributed by atoms with Crippen molar-refractivity contribution in [1.29, 1.82) is 0 Å². The van der Waals surface area contributed by atoms with Gasteiger partial charge in [-0.05, 0) is 44.2 Å². The zero-order chi connectivity index (χ0) is 12.2. The first-order chi connectivity index (χ1) is 7.46. The maximum Gasteiger partial charge on any atom is 0.242 e. The lowest BCUT2D eigenvalue weighted by Gasteiger charge is -2.20. The SMILES string of the molecule is COc1cc(O[Si](C)(C)C)ccc1CCN. The third-order valence-electron chi connectivity index (χ3n) is 2.10.